The molecule has 0 aliphatic heterocycles. The summed E-state index contributed by atoms with van der Waals surface area (Å²) in [5.41, 5.74) is 3.07. The standard InChI is InChI=1S/C24H19Cl4N4O5P/c25-15-5-29-6-16(26)19(15)21-13(23(36-31-21)11-1-2-11)9-34-38(33)35-10-14-22(32-37-24(14)12-3-4-12)20-17(27)7-30-8-18(20)28/h5-8,11-12,38H,1-4,9-10H2. The van der Waals surface area contributed by atoms with Crippen LogP contribution in [0.1, 0.15) is 60.2 Å². The van der Waals surface area contributed by atoms with E-state index in [1.165, 1.54) is 24.8 Å². The van der Waals surface area contributed by atoms with E-state index in [2.05, 4.69) is 20.3 Å². The summed E-state index contributed by atoms with van der Waals surface area (Å²) in [6.07, 6.45) is 9.74. The summed E-state index contributed by atoms with van der Waals surface area (Å²) in [6, 6.07) is 0. The van der Waals surface area contributed by atoms with Crippen LogP contribution in [0.3, 0.4) is 0 Å². The highest BCUT2D eigenvalue weighted by Crippen LogP contribution is 2.48. The smallest absolute Gasteiger partial charge is 0.319 e. The van der Waals surface area contributed by atoms with Gasteiger partial charge in [0.1, 0.15) is 22.9 Å². The average Bonchev–Trinajstić information content (AvgIpc) is 3.82. The van der Waals surface area contributed by atoms with Gasteiger partial charge in [0, 0.05) is 58.9 Å². The minimum Gasteiger partial charge on any atom is -0.360 e. The minimum atomic E-state index is -2.97. The molecular formula is C24H19Cl4N4O5P. The molecule has 38 heavy (non-hydrogen) atoms. The Labute approximate surface area is 237 Å². The molecule has 0 amide bonds. The zero-order chi connectivity index (χ0) is 26.4. The maximum Gasteiger partial charge on any atom is 0.319 e. The number of hydrogen-bond donors (Lipinski definition) is 0. The van der Waals surface area contributed by atoms with E-state index in [1.807, 2.05) is 0 Å². The second kappa shape index (κ2) is 10.9. The molecule has 4 aromatic heterocycles. The molecule has 2 saturated carbocycles. The van der Waals surface area contributed by atoms with Gasteiger partial charge in [-0.1, -0.05) is 56.7 Å². The Bertz CT molecular complexity index is 1380. The van der Waals surface area contributed by atoms with Crippen molar-refractivity contribution in [1.29, 1.82) is 0 Å². The van der Waals surface area contributed by atoms with Crippen LogP contribution in [-0.2, 0) is 26.8 Å². The van der Waals surface area contributed by atoms with Crippen LogP contribution in [0.15, 0.2) is 33.8 Å². The molecule has 9 nitrogen and oxygen atoms in total. The second-order valence-corrected chi connectivity index (χ2v) is 11.8. The van der Waals surface area contributed by atoms with E-state index >= 15 is 0 Å². The molecule has 0 spiro atoms. The maximum atomic E-state index is 12.9. The molecular weight excluding hydrogens is 597 g/mol. The molecule has 14 heteroatoms. The molecule has 0 aromatic carbocycles. The summed E-state index contributed by atoms with van der Waals surface area (Å²) in [5.74, 6) is 1.76. The zero-order valence-corrected chi connectivity index (χ0v) is 23.6. The topological polar surface area (TPSA) is 113 Å². The fraction of sp³-hybridized carbons (Fsp3) is 0.333. The predicted octanol–water partition coefficient (Wildman–Crippen LogP) is 8.28. The Morgan fingerprint density at radius 1 is 0.711 bits per heavy atom. The monoisotopic (exact) mass is 614 g/mol. The molecule has 4 aromatic rings. The largest absolute Gasteiger partial charge is 0.360 e. The van der Waals surface area contributed by atoms with E-state index in [0.717, 1.165) is 25.7 Å². The maximum absolute atomic E-state index is 12.9. The summed E-state index contributed by atoms with van der Waals surface area (Å²) in [4.78, 5) is 7.98. The highest BCUT2D eigenvalue weighted by atomic mass is 35.5. The Morgan fingerprint density at radius 2 is 1.08 bits per heavy atom. The van der Waals surface area contributed by atoms with Gasteiger partial charge in [-0.15, -0.1) is 0 Å². The molecule has 2 aliphatic rings. The second-order valence-electron chi connectivity index (χ2n) is 9.08. The van der Waals surface area contributed by atoms with E-state index in [0.29, 0.717) is 65.3 Å². The fourth-order valence-electron chi connectivity index (χ4n) is 4.23. The van der Waals surface area contributed by atoms with Gasteiger partial charge in [0.15, 0.2) is 0 Å². The van der Waals surface area contributed by atoms with E-state index in [1.54, 1.807) is 0 Å². The van der Waals surface area contributed by atoms with Crippen molar-refractivity contribution in [2.24, 2.45) is 0 Å². The summed E-state index contributed by atoms with van der Waals surface area (Å²) < 4.78 is 35.5. The van der Waals surface area contributed by atoms with Crippen LogP contribution < -0.4 is 0 Å². The van der Waals surface area contributed by atoms with Crippen molar-refractivity contribution < 1.29 is 22.7 Å². The lowest BCUT2D eigenvalue weighted by molar-refractivity contribution is 0.211. The number of hydrogen-bond acceptors (Lipinski definition) is 9. The van der Waals surface area contributed by atoms with Crippen molar-refractivity contribution in [3.63, 3.8) is 0 Å². The van der Waals surface area contributed by atoms with Crippen molar-refractivity contribution in [1.82, 2.24) is 20.3 Å². The van der Waals surface area contributed by atoms with E-state index in [-0.39, 0.29) is 25.0 Å². The fourth-order valence-corrected chi connectivity index (χ4v) is 5.92. The van der Waals surface area contributed by atoms with Crippen molar-refractivity contribution in [3.05, 3.63) is 67.5 Å². The normalized spacial score (nSPS) is 15.5. The third kappa shape index (κ3) is 5.26. The van der Waals surface area contributed by atoms with Crippen LogP contribution in [0.4, 0.5) is 0 Å². The third-order valence-electron chi connectivity index (χ3n) is 6.38. The van der Waals surface area contributed by atoms with Crippen molar-refractivity contribution in [3.8, 4) is 22.5 Å². The Morgan fingerprint density at radius 3 is 1.42 bits per heavy atom. The van der Waals surface area contributed by atoms with Crippen LogP contribution in [0, 0.1) is 0 Å². The number of aromatic nitrogens is 4. The molecule has 2 aliphatic carbocycles. The Balaban J connectivity index is 1.21. The lowest BCUT2D eigenvalue weighted by Crippen LogP contribution is -1.97. The molecule has 0 N–H and O–H groups in total. The molecule has 4 heterocycles. The quantitative estimate of drug-likeness (QED) is 0.163. The first kappa shape index (κ1) is 26.3. The van der Waals surface area contributed by atoms with Gasteiger partial charge in [0.05, 0.1) is 33.3 Å². The average molecular weight is 616 g/mol. The van der Waals surface area contributed by atoms with E-state index in [4.69, 9.17) is 64.5 Å². The Hall–Kier alpha value is -1.97. The SMILES string of the molecule is O=[PH](OCc1c(-c2c(Cl)cncc2Cl)noc1C1CC1)OCc1c(-c2c(Cl)cncc2Cl)noc1C1CC1. The lowest BCUT2D eigenvalue weighted by atomic mass is 10.1. The van der Waals surface area contributed by atoms with Gasteiger partial charge in [-0.3, -0.25) is 14.5 Å². The van der Waals surface area contributed by atoms with Gasteiger partial charge in [-0.25, -0.2) is 0 Å². The number of nitrogens with zero attached hydrogens (tertiary/aromatic N) is 4. The predicted molar refractivity (Wildman–Crippen MR) is 142 cm³/mol. The zero-order valence-electron chi connectivity index (χ0n) is 19.5. The van der Waals surface area contributed by atoms with Gasteiger partial charge >= 0.3 is 8.25 Å². The van der Waals surface area contributed by atoms with Crippen molar-refractivity contribution in [2.75, 3.05) is 0 Å². The van der Waals surface area contributed by atoms with Crippen LogP contribution in [0.25, 0.3) is 22.5 Å². The number of pyridine rings is 2. The minimum absolute atomic E-state index is 0.0641. The summed E-state index contributed by atoms with van der Waals surface area (Å²) >= 11 is 25.4. The highest BCUT2D eigenvalue weighted by molar-refractivity contribution is 7.33. The van der Waals surface area contributed by atoms with Crippen molar-refractivity contribution in [2.45, 2.75) is 50.7 Å². The van der Waals surface area contributed by atoms with Gasteiger partial charge in [0.25, 0.3) is 0 Å². The molecule has 0 radical (unpaired) electrons. The first-order valence-corrected chi connectivity index (χ1v) is 14.5. The molecule has 6 rings (SSSR count). The molecule has 0 saturated heterocycles. The number of rotatable bonds is 10. The first-order chi connectivity index (χ1) is 18.4. The molecule has 0 bridgehead atoms. The molecule has 2 fully saturated rings. The first-order valence-electron chi connectivity index (χ1n) is 11.8. The highest BCUT2D eigenvalue weighted by Gasteiger charge is 2.35. The van der Waals surface area contributed by atoms with Crippen molar-refractivity contribution >= 4 is 54.7 Å². The Kier molecular flexibility index (Phi) is 7.53. The van der Waals surface area contributed by atoms with Gasteiger partial charge in [-0.2, -0.15) is 0 Å². The summed E-state index contributed by atoms with van der Waals surface area (Å²) in [6.45, 7) is -0.128. The van der Waals surface area contributed by atoms with Gasteiger partial charge in [0.2, 0.25) is 0 Å². The van der Waals surface area contributed by atoms with E-state index < -0.39 is 8.25 Å². The van der Waals surface area contributed by atoms with Crippen LogP contribution in [0.5, 0.6) is 0 Å². The molecule has 0 unspecified atom stereocenters. The summed E-state index contributed by atoms with van der Waals surface area (Å²) in [5, 5.41) is 9.67. The van der Waals surface area contributed by atoms with Crippen LogP contribution in [-0.4, -0.2) is 20.3 Å². The number of halogens is 4. The lowest BCUT2D eigenvalue weighted by Gasteiger charge is -2.10. The summed E-state index contributed by atoms with van der Waals surface area (Å²) in [7, 11) is -2.97. The van der Waals surface area contributed by atoms with Gasteiger partial charge < -0.3 is 18.1 Å². The third-order valence-corrected chi connectivity index (χ3v) is 8.29. The van der Waals surface area contributed by atoms with Gasteiger partial charge in [-0.05, 0) is 25.7 Å². The molecule has 198 valence electrons. The van der Waals surface area contributed by atoms with Crippen LogP contribution >= 0.6 is 54.7 Å². The molecule has 0 atom stereocenters. The van der Waals surface area contributed by atoms with E-state index in [9.17, 15) is 4.57 Å². The van der Waals surface area contributed by atoms with Crippen LogP contribution in [0.2, 0.25) is 20.1 Å².